The summed E-state index contributed by atoms with van der Waals surface area (Å²) in [7, 11) is -4.83. The second-order valence-electron chi connectivity index (χ2n) is 13.3. The summed E-state index contributed by atoms with van der Waals surface area (Å²) in [6, 6.07) is 0. The van der Waals surface area contributed by atoms with Gasteiger partial charge in [-0.15, -0.1) is 0 Å². The molecule has 3 atom stereocenters. The molecule has 0 spiro atoms. The van der Waals surface area contributed by atoms with E-state index in [1.54, 1.807) is 0 Å². The van der Waals surface area contributed by atoms with Gasteiger partial charge in [0.25, 0.3) is 0 Å². The second-order valence-corrected chi connectivity index (χ2v) is 14.6. The number of hydrogen-bond donors (Lipinski definition) is 4. The minimum atomic E-state index is -4.83. The van der Waals surface area contributed by atoms with Crippen LogP contribution in [0.25, 0.3) is 0 Å². The molecule has 11 heteroatoms. The van der Waals surface area contributed by atoms with Crippen LogP contribution in [0.5, 0.6) is 0 Å². The number of unbranched alkanes of at least 4 members (excludes halogenated alkanes) is 11. The number of allylic oxidation sites excluding steroid dienone is 5. The van der Waals surface area contributed by atoms with Gasteiger partial charge in [0, 0.05) is 12.8 Å². The number of phosphoric ester groups is 1. The van der Waals surface area contributed by atoms with Gasteiger partial charge in [-0.1, -0.05) is 128 Å². The lowest BCUT2D eigenvalue weighted by atomic mass is 10.0. The third kappa shape index (κ3) is 34.4. The average molecular weight is 717 g/mol. The monoisotopic (exact) mass is 716 g/mol. The molecule has 0 aromatic rings. The van der Waals surface area contributed by atoms with E-state index in [4.69, 9.17) is 19.3 Å². The van der Waals surface area contributed by atoms with Crippen molar-refractivity contribution in [2.45, 2.75) is 174 Å². The zero-order valence-corrected chi connectivity index (χ0v) is 31.6. The van der Waals surface area contributed by atoms with Crippen LogP contribution < -0.4 is 0 Å². The van der Waals surface area contributed by atoms with Crippen molar-refractivity contribution in [2.75, 3.05) is 13.2 Å². The maximum absolute atomic E-state index is 12.4. The summed E-state index contributed by atoms with van der Waals surface area (Å²) in [5.41, 5.74) is 0. The summed E-state index contributed by atoms with van der Waals surface area (Å²) < 4.78 is 26.1. The van der Waals surface area contributed by atoms with Crippen LogP contribution in [0.4, 0.5) is 0 Å². The normalized spacial score (nSPS) is 14.3. The standard InChI is InChI=1S/C38H69O10P/c1-4-5-6-7-8-9-10-11-14-17-20-23-27-35(39)36(40)28-25-30-38(42)48-34(32-47-49(43,44)45)31-46-37(41)29-24-21-18-15-12-13-16-19-22-26-33(2)3/h8-9,11,14,20,23,33-36,39-40H,4-7,10,12-13,15-19,21-22,24-32H2,1-3H3,(H2,43,44,45)/b9-8-,14-11-,23-20-/t34-,35?,36?/m1/s1. The van der Waals surface area contributed by atoms with Crippen molar-refractivity contribution in [3.05, 3.63) is 36.5 Å². The highest BCUT2D eigenvalue weighted by molar-refractivity contribution is 7.46. The summed E-state index contributed by atoms with van der Waals surface area (Å²) in [4.78, 5) is 42.7. The fourth-order valence-corrected chi connectivity index (χ4v) is 5.43. The molecule has 49 heavy (non-hydrogen) atoms. The van der Waals surface area contributed by atoms with Crippen LogP contribution >= 0.6 is 7.82 Å². The number of carbonyl (C=O) groups is 2. The third-order valence-electron chi connectivity index (χ3n) is 8.04. The molecule has 0 aliphatic rings. The van der Waals surface area contributed by atoms with Crippen LogP contribution in [0.1, 0.15) is 156 Å². The Morgan fingerprint density at radius 2 is 1.22 bits per heavy atom. The first-order valence-corrected chi connectivity index (χ1v) is 20.3. The van der Waals surface area contributed by atoms with E-state index in [9.17, 15) is 24.4 Å². The van der Waals surface area contributed by atoms with Crippen LogP contribution in [0, 0.1) is 5.92 Å². The van der Waals surface area contributed by atoms with Gasteiger partial charge in [0.1, 0.15) is 6.61 Å². The highest BCUT2D eigenvalue weighted by Crippen LogP contribution is 2.36. The average Bonchev–Trinajstić information content (AvgIpc) is 3.04. The van der Waals surface area contributed by atoms with E-state index < -0.39 is 44.7 Å². The van der Waals surface area contributed by atoms with Gasteiger partial charge in [0.05, 0.1) is 18.8 Å². The Kier molecular flexibility index (Phi) is 30.9. The van der Waals surface area contributed by atoms with Gasteiger partial charge in [0.2, 0.25) is 0 Å². The minimum Gasteiger partial charge on any atom is -0.462 e. The fourth-order valence-electron chi connectivity index (χ4n) is 5.07. The second kappa shape index (κ2) is 32.1. The van der Waals surface area contributed by atoms with E-state index in [0.717, 1.165) is 44.4 Å². The predicted molar refractivity (Wildman–Crippen MR) is 196 cm³/mol. The van der Waals surface area contributed by atoms with Crippen LogP contribution in [0.15, 0.2) is 36.5 Å². The minimum absolute atomic E-state index is 0.101. The van der Waals surface area contributed by atoms with Gasteiger partial charge in [-0.05, 0) is 57.3 Å². The Morgan fingerprint density at radius 3 is 1.84 bits per heavy atom. The Labute approximate surface area is 297 Å². The highest BCUT2D eigenvalue weighted by atomic mass is 31.2. The number of rotatable bonds is 33. The Morgan fingerprint density at radius 1 is 0.653 bits per heavy atom. The lowest BCUT2D eigenvalue weighted by molar-refractivity contribution is -0.161. The molecule has 0 rings (SSSR count). The lowest BCUT2D eigenvalue weighted by Crippen LogP contribution is -2.30. The zero-order chi connectivity index (χ0) is 36.6. The summed E-state index contributed by atoms with van der Waals surface area (Å²) in [5, 5.41) is 20.5. The fraction of sp³-hybridized carbons (Fsp3) is 0.789. The summed E-state index contributed by atoms with van der Waals surface area (Å²) >= 11 is 0. The van der Waals surface area contributed by atoms with Crippen molar-refractivity contribution < 1.29 is 48.2 Å². The zero-order valence-electron chi connectivity index (χ0n) is 30.7. The van der Waals surface area contributed by atoms with Gasteiger partial charge in [-0.2, -0.15) is 0 Å². The number of aliphatic hydroxyl groups is 2. The van der Waals surface area contributed by atoms with Gasteiger partial charge < -0.3 is 29.5 Å². The Bertz CT molecular complexity index is 943. The van der Waals surface area contributed by atoms with Crippen molar-refractivity contribution in [3.63, 3.8) is 0 Å². The largest absolute Gasteiger partial charge is 0.469 e. The Hall–Kier alpha value is -1.81. The first kappa shape index (κ1) is 47.2. The maximum atomic E-state index is 12.4. The van der Waals surface area contributed by atoms with Gasteiger partial charge in [-0.25, -0.2) is 4.57 Å². The molecule has 0 heterocycles. The molecule has 0 amide bonds. The molecule has 0 aliphatic heterocycles. The molecule has 0 fully saturated rings. The molecular formula is C38H69O10P. The van der Waals surface area contributed by atoms with Gasteiger partial charge >= 0.3 is 19.8 Å². The molecule has 0 aromatic heterocycles. The number of hydrogen-bond acceptors (Lipinski definition) is 8. The molecule has 0 saturated carbocycles. The number of carbonyl (C=O) groups excluding carboxylic acids is 2. The summed E-state index contributed by atoms with van der Waals surface area (Å²) in [6.45, 7) is 5.67. The van der Waals surface area contributed by atoms with Crippen molar-refractivity contribution in [3.8, 4) is 0 Å². The van der Waals surface area contributed by atoms with Crippen molar-refractivity contribution in [1.82, 2.24) is 0 Å². The molecule has 0 aromatic carbocycles. The summed E-state index contributed by atoms with van der Waals surface area (Å²) in [6.07, 6.45) is 27.7. The molecule has 286 valence electrons. The molecule has 0 bridgehead atoms. The van der Waals surface area contributed by atoms with Crippen molar-refractivity contribution in [2.24, 2.45) is 5.92 Å². The topological polar surface area (TPSA) is 160 Å². The third-order valence-corrected chi connectivity index (χ3v) is 8.53. The molecule has 2 unspecified atom stereocenters. The molecule has 0 aliphatic carbocycles. The van der Waals surface area contributed by atoms with E-state index in [1.165, 1.54) is 57.8 Å². The van der Waals surface area contributed by atoms with Gasteiger partial charge in [-0.3, -0.25) is 14.1 Å². The number of aliphatic hydroxyl groups excluding tert-OH is 2. The molecule has 0 radical (unpaired) electrons. The number of phosphoric acid groups is 1. The van der Waals surface area contributed by atoms with Crippen LogP contribution in [0.2, 0.25) is 0 Å². The van der Waals surface area contributed by atoms with E-state index in [1.807, 2.05) is 12.2 Å². The number of esters is 2. The van der Waals surface area contributed by atoms with Crippen LogP contribution in [-0.4, -0.2) is 63.5 Å². The molecular weight excluding hydrogens is 647 g/mol. The summed E-state index contributed by atoms with van der Waals surface area (Å²) in [5.74, 6) is -0.401. The van der Waals surface area contributed by atoms with E-state index in [-0.39, 0.29) is 38.7 Å². The van der Waals surface area contributed by atoms with Crippen LogP contribution in [-0.2, 0) is 28.2 Å². The van der Waals surface area contributed by atoms with E-state index in [2.05, 4.69) is 49.6 Å². The SMILES string of the molecule is CCCCC/C=C\C/C=C\C/C=C\CC(O)C(O)CCCC(=O)O[C@H](COC(=O)CCCCCCCCCCCC(C)C)COP(=O)(O)O. The molecule has 4 N–H and O–H groups in total. The molecule has 10 nitrogen and oxygen atoms in total. The first-order valence-electron chi connectivity index (χ1n) is 18.8. The smallest absolute Gasteiger partial charge is 0.462 e. The first-order chi connectivity index (χ1) is 23.4. The van der Waals surface area contributed by atoms with E-state index in [0.29, 0.717) is 6.42 Å². The van der Waals surface area contributed by atoms with Crippen molar-refractivity contribution in [1.29, 1.82) is 0 Å². The lowest BCUT2D eigenvalue weighted by Gasteiger charge is -2.19. The Balaban J connectivity index is 4.26. The van der Waals surface area contributed by atoms with Crippen molar-refractivity contribution >= 4 is 19.8 Å². The molecule has 0 saturated heterocycles. The quantitative estimate of drug-likeness (QED) is 0.0224. The number of ether oxygens (including phenoxy) is 2. The predicted octanol–water partition coefficient (Wildman–Crippen LogP) is 8.81. The van der Waals surface area contributed by atoms with Crippen LogP contribution in [0.3, 0.4) is 0 Å². The van der Waals surface area contributed by atoms with Gasteiger partial charge in [0.15, 0.2) is 6.10 Å². The maximum Gasteiger partial charge on any atom is 0.469 e. The highest BCUT2D eigenvalue weighted by Gasteiger charge is 2.23. The van der Waals surface area contributed by atoms with E-state index >= 15 is 0 Å².